The van der Waals surface area contributed by atoms with Crippen LogP contribution in [0.15, 0.2) is 70.8 Å². The van der Waals surface area contributed by atoms with E-state index in [2.05, 4.69) is 22.4 Å². The molecule has 146 valence electrons. The molecule has 0 atom stereocenters. The number of carbonyl (C=O) groups excluding carboxylic acids is 1. The van der Waals surface area contributed by atoms with Crippen LogP contribution < -0.4 is 10.9 Å². The van der Waals surface area contributed by atoms with Crippen LogP contribution in [0.4, 0.5) is 0 Å². The molecule has 4 rings (SSSR count). The molecule has 0 bridgehead atoms. The summed E-state index contributed by atoms with van der Waals surface area (Å²) in [6.45, 7) is 2.29. The van der Waals surface area contributed by atoms with Gasteiger partial charge in [0.2, 0.25) is 5.91 Å². The molecular formula is C23H21N3O2S. The van der Waals surface area contributed by atoms with Crippen LogP contribution >= 0.6 is 11.3 Å². The zero-order valence-electron chi connectivity index (χ0n) is 16.1. The fourth-order valence-electron chi connectivity index (χ4n) is 3.28. The van der Waals surface area contributed by atoms with Gasteiger partial charge in [-0.15, -0.1) is 11.3 Å². The van der Waals surface area contributed by atoms with Gasteiger partial charge < -0.3 is 5.32 Å². The number of thiazole rings is 1. The molecule has 2 aromatic carbocycles. The summed E-state index contributed by atoms with van der Waals surface area (Å²) in [6.07, 6.45) is 0.920. The smallest absolute Gasteiger partial charge is 0.258 e. The third-order valence-electron chi connectivity index (χ3n) is 4.73. The molecule has 0 saturated carbocycles. The van der Waals surface area contributed by atoms with Crippen LogP contribution in [-0.4, -0.2) is 21.8 Å². The molecule has 0 unspecified atom stereocenters. The molecule has 0 aliphatic rings. The highest BCUT2D eigenvalue weighted by Gasteiger charge is 2.09. The Morgan fingerprint density at radius 1 is 1.07 bits per heavy atom. The largest absolute Gasteiger partial charge is 0.355 e. The summed E-state index contributed by atoms with van der Waals surface area (Å²) in [6, 6.07) is 19.7. The van der Waals surface area contributed by atoms with E-state index in [-0.39, 0.29) is 11.5 Å². The molecule has 2 heterocycles. The Morgan fingerprint density at radius 3 is 2.55 bits per heavy atom. The van der Waals surface area contributed by atoms with Gasteiger partial charge in [0.05, 0.1) is 6.42 Å². The van der Waals surface area contributed by atoms with Crippen LogP contribution in [0.1, 0.15) is 17.0 Å². The molecule has 1 amide bonds. The van der Waals surface area contributed by atoms with Gasteiger partial charge in [-0.05, 0) is 23.6 Å². The van der Waals surface area contributed by atoms with Crippen LogP contribution in [0, 0.1) is 6.92 Å². The molecule has 0 fully saturated rings. The van der Waals surface area contributed by atoms with Gasteiger partial charge in [-0.3, -0.25) is 14.0 Å². The number of carbonyl (C=O) groups is 1. The van der Waals surface area contributed by atoms with Crippen LogP contribution in [0.25, 0.3) is 16.1 Å². The predicted molar refractivity (Wildman–Crippen MR) is 116 cm³/mol. The van der Waals surface area contributed by atoms with E-state index in [1.54, 1.807) is 4.40 Å². The summed E-state index contributed by atoms with van der Waals surface area (Å²) < 4.78 is 1.62. The number of fused-ring (bicyclic) bond motifs is 1. The van der Waals surface area contributed by atoms with Crippen LogP contribution in [0.2, 0.25) is 0 Å². The maximum Gasteiger partial charge on any atom is 0.258 e. The SMILES string of the molecule is Cc1cc(=O)n2c(CCNC(=O)Cc3ccc(-c4ccccc4)cc3)csc2n1. The predicted octanol–water partition coefficient (Wildman–Crippen LogP) is 3.63. The van der Waals surface area contributed by atoms with Crippen molar-refractivity contribution in [3.8, 4) is 11.1 Å². The summed E-state index contributed by atoms with van der Waals surface area (Å²) in [5, 5.41) is 4.87. The van der Waals surface area contributed by atoms with Crippen molar-refractivity contribution < 1.29 is 4.79 Å². The number of aryl methyl sites for hydroxylation is 1. The lowest BCUT2D eigenvalue weighted by atomic mass is 10.0. The maximum absolute atomic E-state index is 12.3. The molecule has 5 nitrogen and oxygen atoms in total. The van der Waals surface area contributed by atoms with Crippen LogP contribution in [-0.2, 0) is 17.6 Å². The van der Waals surface area contributed by atoms with E-state index in [1.165, 1.54) is 17.4 Å². The zero-order valence-corrected chi connectivity index (χ0v) is 16.9. The van der Waals surface area contributed by atoms with E-state index in [1.807, 2.05) is 54.8 Å². The molecule has 0 saturated heterocycles. The van der Waals surface area contributed by atoms with Crippen molar-refractivity contribution in [1.82, 2.24) is 14.7 Å². The Labute approximate surface area is 172 Å². The second-order valence-corrected chi connectivity index (χ2v) is 7.76. The minimum Gasteiger partial charge on any atom is -0.355 e. The van der Waals surface area contributed by atoms with Crippen molar-refractivity contribution in [2.24, 2.45) is 0 Å². The van der Waals surface area contributed by atoms with E-state index in [9.17, 15) is 9.59 Å². The molecule has 0 aliphatic heterocycles. The standard InChI is InChI=1S/C23H21N3O2S/c1-16-13-22(28)26-20(15-29-23(26)25-16)11-12-24-21(27)14-17-7-9-19(10-8-17)18-5-3-2-4-6-18/h2-10,13,15H,11-12,14H2,1H3,(H,24,27). The number of nitrogens with zero attached hydrogens (tertiary/aromatic N) is 2. The molecule has 0 spiro atoms. The van der Waals surface area contributed by atoms with Gasteiger partial charge in [-0.1, -0.05) is 54.6 Å². The van der Waals surface area contributed by atoms with Gasteiger partial charge in [0.1, 0.15) is 0 Å². The lowest BCUT2D eigenvalue weighted by molar-refractivity contribution is -0.120. The fraction of sp³-hybridized carbons (Fsp3) is 0.174. The average Bonchev–Trinajstić information content (AvgIpc) is 3.12. The molecule has 6 heteroatoms. The number of benzene rings is 2. The van der Waals surface area contributed by atoms with Crippen molar-refractivity contribution in [2.75, 3.05) is 6.54 Å². The topological polar surface area (TPSA) is 63.5 Å². The summed E-state index contributed by atoms with van der Waals surface area (Å²) in [4.78, 5) is 29.5. The third kappa shape index (κ3) is 4.43. The van der Waals surface area contributed by atoms with E-state index < -0.39 is 0 Å². The molecule has 29 heavy (non-hydrogen) atoms. The minimum atomic E-state index is -0.0754. The molecule has 0 radical (unpaired) electrons. The Balaban J connectivity index is 1.33. The molecule has 0 aliphatic carbocycles. The molecular weight excluding hydrogens is 382 g/mol. The third-order valence-corrected chi connectivity index (χ3v) is 5.61. The summed E-state index contributed by atoms with van der Waals surface area (Å²) in [5.41, 5.74) is 4.78. The van der Waals surface area contributed by atoms with Crippen molar-refractivity contribution in [1.29, 1.82) is 0 Å². The summed E-state index contributed by atoms with van der Waals surface area (Å²) in [5.74, 6) is -0.0293. The van der Waals surface area contributed by atoms with Crippen molar-refractivity contribution in [3.63, 3.8) is 0 Å². The maximum atomic E-state index is 12.3. The lowest BCUT2D eigenvalue weighted by Gasteiger charge is -2.07. The summed E-state index contributed by atoms with van der Waals surface area (Å²) >= 11 is 1.44. The number of aromatic nitrogens is 2. The number of hydrogen-bond donors (Lipinski definition) is 1. The second-order valence-electron chi connectivity index (χ2n) is 6.92. The quantitative estimate of drug-likeness (QED) is 0.535. The van der Waals surface area contributed by atoms with Gasteiger partial charge >= 0.3 is 0 Å². The first kappa shape index (κ1) is 19.1. The zero-order chi connectivity index (χ0) is 20.2. The van der Waals surface area contributed by atoms with E-state index in [0.29, 0.717) is 24.3 Å². The minimum absolute atomic E-state index is 0.0293. The first-order chi connectivity index (χ1) is 14.1. The van der Waals surface area contributed by atoms with E-state index >= 15 is 0 Å². The van der Waals surface area contributed by atoms with Gasteiger partial charge in [0.25, 0.3) is 5.56 Å². The van der Waals surface area contributed by atoms with Gasteiger partial charge in [0.15, 0.2) is 4.96 Å². The highest BCUT2D eigenvalue weighted by molar-refractivity contribution is 7.15. The van der Waals surface area contributed by atoms with E-state index in [4.69, 9.17) is 0 Å². The summed E-state index contributed by atoms with van der Waals surface area (Å²) in [7, 11) is 0. The van der Waals surface area contributed by atoms with Crippen LogP contribution in [0.5, 0.6) is 0 Å². The number of amides is 1. The van der Waals surface area contributed by atoms with Crippen molar-refractivity contribution in [2.45, 2.75) is 19.8 Å². The van der Waals surface area contributed by atoms with E-state index in [0.717, 1.165) is 28.1 Å². The van der Waals surface area contributed by atoms with Gasteiger partial charge in [-0.25, -0.2) is 4.98 Å². The second kappa shape index (κ2) is 8.41. The number of nitrogens with one attached hydrogen (secondary N) is 1. The fourth-order valence-corrected chi connectivity index (χ4v) is 4.26. The first-order valence-electron chi connectivity index (χ1n) is 9.48. The van der Waals surface area contributed by atoms with Crippen molar-refractivity contribution in [3.05, 3.63) is 93.3 Å². The number of rotatable bonds is 6. The monoisotopic (exact) mass is 403 g/mol. The molecule has 2 aromatic heterocycles. The lowest BCUT2D eigenvalue weighted by Crippen LogP contribution is -2.28. The normalized spacial score (nSPS) is 10.9. The Bertz CT molecular complexity index is 1190. The highest BCUT2D eigenvalue weighted by Crippen LogP contribution is 2.19. The van der Waals surface area contributed by atoms with Crippen LogP contribution in [0.3, 0.4) is 0 Å². The number of hydrogen-bond acceptors (Lipinski definition) is 4. The molecule has 1 N–H and O–H groups in total. The van der Waals surface area contributed by atoms with Gasteiger partial charge in [-0.2, -0.15) is 0 Å². The Hall–Kier alpha value is -3.25. The molecule has 4 aromatic rings. The Morgan fingerprint density at radius 2 is 1.79 bits per heavy atom. The highest BCUT2D eigenvalue weighted by atomic mass is 32.1. The Kier molecular flexibility index (Phi) is 5.53. The van der Waals surface area contributed by atoms with Crippen molar-refractivity contribution >= 4 is 22.2 Å². The average molecular weight is 404 g/mol. The van der Waals surface area contributed by atoms with Gasteiger partial charge in [0, 0.05) is 35.8 Å². The first-order valence-corrected chi connectivity index (χ1v) is 10.4.